The number of benzene rings is 1. The summed E-state index contributed by atoms with van der Waals surface area (Å²) in [5, 5.41) is 0. The maximum Gasteiger partial charge on any atom is 0.115 e. The first kappa shape index (κ1) is 13.7. The molecule has 1 saturated carbocycles. The van der Waals surface area contributed by atoms with Gasteiger partial charge in [-0.1, -0.05) is 43.3 Å². The highest BCUT2D eigenvalue weighted by atomic mass is 16.5. The van der Waals surface area contributed by atoms with Gasteiger partial charge < -0.3 is 9.47 Å². The van der Waals surface area contributed by atoms with E-state index >= 15 is 0 Å². The molecule has 2 nitrogen and oxygen atoms in total. The molecule has 2 atom stereocenters. The Hall–Kier alpha value is -1.70. The third-order valence-corrected chi connectivity index (χ3v) is 3.62. The van der Waals surface area contributed by atoms with E-state index in [0.29, 0.717) is 11.7 Å². The van der Waals surface area contributed by atoms with Crippen LogP contribution in [0.2, 0.25) is 0 Å². The second kappa shape index (κ2) is 7.03. The summed E-state index contributed by atoms with van der Waals surface area (Å²) in [5.41, 5.74) is 1.37. The normalized spacial score (nSPS) is 23.2. The molecular weight excluding hydrogens is 236 g/mol. The van der Waals surface area contributed by atoms with Gasteiger partial charge in [0.15, 0.2) is 0 Å². The molecule has 0 spiro atoms. The second-order valence-corrected chi connectivity index (χ2v) is 4.96. The van der Waals surface area contributed by atoms with Gasteiger partial charge in [-0.25, -0.2) is 0 Å². The van der Waals surface area contributed by atoms with Crippen molar-refractivity contribution in [1.29, 1.82) is 0 Å². The molecule has 0 radical (unpaired) electrons. The Labute approximate surface area is 115 Å². The molecule has 102 valence electrons. The van der Waals surface area contributed by atoms with Crippen LogP contribution in [0.1, 0.15) is 37.2 Å². The molecule has 1 aromatic rings. The van der Waals surface area contributed by atoms with Gasteiger partial charge in [-0.05, 0) is 24.8 Å². The zero-order chi connectivity index (χ0) is 13.5. The monoisotopic (exact) mass is 258 g/mol. The minimum atomic E-state index is 0.227. The van der Waals surface area contributed by atoms with E-state index in [2.05, 4.69) is 36.9 Å². The Bertz CT molecular complexity index is 422. The van der Waals surface area contributed by atoms with E-state index < -0.39 is 0 Å². The summed E-state index contributed by atoms with van der Waals surface area (Å²) < 4.78 is 10.9. The molecule has 0 N–H and O–H groups in total. The highest BCUT2D eigenvalue weighted by Gasteiger charge is 2.27. The summed E-state index contributed by atoms with van der Waals surface area (Å²) in [6, 6.07) is 10.6. The molecule has 0 bridgehead atoms. The molecule has 0 heterocycles. The predicted octanol–water partition coefficient (Wildman–Crippen LogP) is 4.40. The van der Waals surface area contributed by atoms with E-state index in [9.17, 15) is 0 Å². The maximum atomic E-state index is 6.00. The third-order valence-electron chi connectivity index (χ3n) is 3.62. The standard InChI is InChI=1S/C17H22O2/c1-14(12-13-18-2)19-17-11-7-6-10-16(17)15-8-4-3-5-9-15/h3-5,8-9,12-13,16-17H,1,6-7,10-11H2,2H3/b13-12+/t16-,17+/m1/s1. The third kappa shape index (κ3) is 3.88. The van der Waals surface area contributed by atoms with Gasteiger partial charge in [-0.3, -0.25) is 0 Å². The molecule has 1 aliphatic carbocycles. The van der Waals surface area contributed by atoms with Crippen LogP contribution in [0, 0.1) is 0 Å². The van der Waals surface area contributed by atoms with Crippen molar-refractivity contribution in [2.75, 3.05) is 7.11 Å². The molecule has 2 rings (SSSR count). The van der Waals surface area contributed by atoms with E-state index in [4.69, 9.17) is 9.47 Å². The van der Waals surface area contributed by atoms with Crippen molar-refractivity contribution in [3.05, 3.63) is 60.6 Å². The SMILES string of the molecule is C=C(/C=C/OC)O[C@H]1CCCC[C@@H]1c1ccccc1. The minimum absolute atomic E-state index is 0.227. The van der Waals surface area contributed by atoms with Gasteiger partial charge in [0.2, 0.25) is 0 Å². The fraction of sp³-hybridized carbons (Fsp3) is 0.412. The molecule has 0 amide bonds. The van der Waals surface area contributed by atoms with Crippen molar-refractivity contribution in [2.24, 2.45) is 0 Å². The lowest BCUT2D eigenvalue weighted by atomic mass is 9.81. The Morgan fingerprint density at radius 1 is 1.21 bits per heavy atom. The summed E-state index contributed by atoms with van der Waals surface area (Å²) in [4.78, 5) is 0. The maximum absolute atomic E-state index is 6.00. The van der Waals surface area contributed by atoms with Crippen molar-refractivity contribution in [1.82, 2.24) is 0 Å². The number of methoxy groups -OCH3 is 1. The molecule has 1 aromatic carbocycles. The highest BCUT2D eigenvalue weighted by Crippen LogP contribution is 2.35. The van der Waals surface area contributed by atoms with Gasteiger partial charge in [-0.15, -0.1) is 0 Å². The fourth-order valence-electron chi connectivity index (χ4n) is 2.70. The Morgan fingerprint density at radius 2 is 1.95 bits per heavy atom. The van der Waals surface area contributed by atoms with E-state index in [1.54, 1.807) is 19.4 Å². The van der Waals surface area contributed by atoms with Crippen molar-refractivity contribution >= 4 is 0 Å². The van der Waals surface area contributed by atoms with Gasteiger partial charge in [0, 0.05) is 12.0 Å². The first-order valence-electron chi connectivity index (χ1n) is 6.91. The molecule has 0 unspecified atom stereocenters. The smallest absolute Gasteiger partial charge is 0.115 e. The number of allylic oxidation sites excluding steroid dienone is 1. The first-order chi connectivity index (χ1) is 9.31. The number of hydrogen-bond donors (Lipinski definition) is 0. The van der Waals surface area contributed by atoms with Gasteiger partial charge >= 0.3 is 0 Å². The van der Waals surface area contributed by atoms with E-state index in [1.165, 1.54) is 24.8 Å². The van der Waals surface area contributed by atoms with Gasteiger partial charge in [0.05, 0.1) is 13.4 Å². The Kier molecular flexibility index (Phi) is 5.08. The lowest BCUT2D eigenvalue weighted by Gasteiger charge is -2.32. The molecular formula is C17H22O2. The predicted molar refractivity (Wildman–Crippen MR) is 77.8 cm³/mol. The Morgan fingerprint density at radius 3 is 2.68 bits per heavy atom. The van der Waals surface area contributed by atoms with Crippen LogP contribution in [0.3, 0.4) is 0 Å². The van der Waals surface area contributed by atoms with E-state index in [0.717, 1.165) is 6.42 Å². The van der Waals surface area contributed by atoms with Gasteiger partial charge in [0.25, 0.3) is 0 Å². The van der Waals surface area contributed by atoms with Crippen LogP contribution in [-0.2, 0) is 9.47 Å². The largest absolute Gasteiger partial charge is 0.504 e. The summed E-state index contributed by atoms with van der Waals surface area (Å²) in [6.07, 6.45) is 8.40. The number of hydrogen-bond acceptors (Lipinski definition) is 2. The summed E-state index contributed by atoms with van der Waals surface area (Å²) >= 11 is 0. The van der Waals surface area contributed by atoms with E-state index in [1.807, 2.05) is 0 Å². The average molecular weight is 258 g/mol. The molecule has 0 aliphatic heterocycles. The van der Waals surface area contributed by atoms with Crippen molar-refractivity contribution < 1.29 is 9.47 Å². The number of ether oxygens (including phenoxy) is 2. The number of rotatable bonds is 5. The molecule has 2 heteroatoms. The van der Waals surface area contributed by atoms with E-state index in [-0.39, 0.29) is 6.10 Å². The van der Waals surface area contributed by atoms with Gasteiger partial charge in [-0.2, -0.15) is 0 Å². The molecule has 0 aromatic heterocycles. The molecule has 19 heavy (non-hydrogen) atoms. The summed E-state index contributed by atoms with van der Waals surface area (Å²) in [7, 11) is 1.62. The minimum Gasteiger partial charge on any atom is -0.504 e. The quantitative estimate of drug-likeness (QED) is 0.575. The zero-order valence-electron chi connectivity index (χ0n) is 11.5. The van der Waals surface area contributed by atoms with Crippen LogP contribution in [0.25, 0.3) is 0 Å². The van der Waals surface area contributed by atoms with Crippen LogP contribution in [-0.4, -0.2) is 13.2 Å². The fourth-order valence-corrected chi connectivity index (χ4v) is 2.70. The molecule has 1 aliphatic rings. The topological polar surface area (TPSA) is 18.5 Å². The Balaban J connectivity index is 2.04. The van der Waals surface area contributed by atoms with Crippen LogP contribution in [0.5, 0.6) is 0 Å². The lowest BCUT2D eigenvalue weighted by molar-refractivity contribution is 0.0704. The van der Waals surface area contributed by atoms with Gasteiger partial charge in [0.1, 0.15) is 11.9 Å². The van der Waals surface area contributed by atoms with Crippen LogP contribution in [0.4, 0.5) is 0 Å². The van der Waals surface area contributed by atoms with Crippen LogP contribution >= 0.6 is 0 Å². The van der Waals surface area contributed by atoms with Crippen LogP contribution in [0.15, 0.2) is 55.0 Å². The van der Waals surface area contributed by atoms with Crippen molar-refractivity contribution in [3.8, 4) is 0 Å². The molecule has 1 fully saturated rings. The molecule has 0 saturated heterocycles. The lowest BCUT2D eigenvalue weighted by Crippen LogP contribution is -2.25. The highest BCUT2D eigenvalue weighted by molar-refractivity contribution is 5.22. The summed E-state index contributed by atoms with van der Waals surface area (Å²) in [5.74, 6) is 1.15. The van der Waals surface area contributed by atoms with Crippen molar-refractivity contribution in [2.45, 2.75) is 37.7 Å². The first-order valence-corrected chi connectivity index (χ1v) is 6.91. The second-order valence-electron chi connectivity index (χ2n) is 4.96. The average Bonchev–Trinajstić information content (AvgIpc) is 2.46. The van der Waals surface area contributed by atoms with Crippen LogP contribution < -0.4 is 0 Å². The zero-order valence-corrected chi connectivity index (χ0v) is 11.5. The van der Waals surface area contributed by atoms with Crippen molar-refractivity contribution in [3.63, 3.8) is 0 Å². The summed E-state index contributed by atoms with van der Waals surface area (Å²) in [6.45, 7) is 3.93.